The van der Waals surface area contributed by atoms with Crippen LogP contribution in [0.3, 0.4) is 0 Å². The van der Waals surface area contributed by atoms with Crippen molar-refractivity contribution in [1.29, 1.82) is 0 Å². The highest BCUT2D eigenvalue weighted by molar-refractivity contribution is 5.37. The maximum Gasteiger partial charge on any atom is 0.427 e. The van der Waals surface area contributed by atoms with Crippen LogP contribution in [-0.4, -0.2) is 10.2 Å². The molecule has 0 radical (unpaired) electrons. The second-order valence-electron chi connectivity index (χ2n) is 2.90. The predicted octanol–water partition coefficient (Wildman–Crippen LogP) is 0.292. The molecule has 0 aliphatic rings. The lowest BCUT2D eigenvalue weighted by Gasteiger charge is -1.93. The average molecular weight is 226 g/mol. The van der Waals surface area contributed by atoms with Crippen LogP contribution in [0.15, 0.2) is 33.7 Å². The maximum absolute atomic E-state index is 13.4. The third kappa shape index (κ3) is 1.67. The topological polar surface area (TPSA) is 93.0 Å². The van der Waals surface area contributed by atoms with E-state index in [2.05, 4.69) is 9.79 Å². The van der Waals surface area contributed by atoms with E-state index < -0.39 is 16.4 Å². The molecular weight excluding hydrogens is 221 g/mol. The minimum absolute atomic E-state index is 0.0450. The molecule has 0 amide bonds. The Morgan fingerprint density at radius 2 is 2.25 bits per heavy atom. The van der Waals surface area contributed by atoms with E-state index in [0.29, 0.717) is 0 Å². The molecule has 2 aromatic rings. The van der Waals surface area contributed by atoms with Crippen LogP contribution in [0.2, 0.25) is 0 Å². The molecule has 0 bridgehead atoms. The zero-order valence-corrected chi connectivity index (χ0v) is 7.71. The minimum atomic E-state index is -0.837. The number of H-pyrrole nitrogens is 1. The number of hydrogen-bond donors (Lipinski definition) is 1. The van der Waals surface area contributed by atoms with Crippen molar-refractivity contribution in [3.63, 3.8) is 0 Å². The fraction of sp³-hybridized carbons (Fsp3) is 0. The summed E-state index contributed by atoms with van der Waals surface area (Å²) in [5.74, 6) is -0.837. The molecule has 0 aliphatic heterocycles. The van der Waals surface area contributed by atoms with Crippen molar-refractivity contribution in [3.05, 3.63) is 50.7 Å². The zero-order valence-electron chi connectivity index (χ0n) is 7.71. The summed E-state index contributed by atoms with van der Waals surface area (Å²) in [6.45, 7) is 0. The number of nitro groups is 1. The number of aromatic nitrogens is 2. The molecule has 0 atom stereocenters. The van der Waals surface area contributed by atoms with Crippen molar-refractivity contribution >= 4 is 5.69 Å². The lowest BCUT2D eigenvalue weighted by molar-refractivity contribution is -0.672. The van der Waals surface area contributed by atoms with Crippen molar-refractivity contribution in [1.82, 2.24) is 5.27 Å². The summed E-state index contributed by atoms with van der Waals surface area (Å²) in [4.78, 5) is 20.3. The first-order chi connectivity index (χ1) is 7.58. The van der Waals surface area contributed by atoms with Crippen LogP contribution in [0.1, 0.15) is 0 Å². The van der Waals surface area contributed by atoms with Gasteiger partial charge in [0.25, 0.3) is 17.6 Å². The van der Waals surface area contributed by atoms with Crippen LogP contribution in [-0.2, 0) is 0 Å². The second kappa shape index (κ2) is 3.57. The fourth-order valence-electron chi connectivity index (χ4n) is 1.18. The Morgan fingerprint density at radius 1 is 1.50 bits per heavy atom. The van der Waals surface area contributed by atoms with Gasteiger partial charge in [-0.15, -0.1) is 0 Å². The predicted molar refractivity (Wildman–Crippen MR) is 47.5 cm³/mol. The number of halogens is 1. The van der Waals surface area contributed by atoms with E-state index in [1.807, 2.05) is 0 Å². The number of nitro benzene ring substituents is 1. The van der Waals surface area contributed by atoms with Crippen LogP contribution in [0, 0.1) is 15.9 Å². The summed E-state index contributed by atoms with van der Waals surface area (Å²) in [6, 6.07) is 3.04. The van der Waals surface area contributed by atoms with Gasteiger partial charge in [-0.3, -0.25) is 14.6 Å². The Balaban J connectivity index is 2.51. The van der Waals surface area contributed by atoms with Crippen LogP contribution >= 0.6 is 0 Å². The van der Waals surface area contributed by atoms with Gasteiger partial charge in [0, 0.05) is 12.1 Å². The molecule has 0 aliphatic carbocycles. The van der Waals surface area contributed by atoms with Crippen LogP contribution in [0.5, 0.6) is 0 Å². The summed E-state index contributed by atoms with van der Waals surface area (Å²) in [5, 5.41) is 12.5. The third-order valence-corrected chi connectivity index (χ3v) is 1.88. The molecule has 1 N–H and O–H groups in total. The molecule has 0 unspecified atom stereocenters. The van der Waals surface area contributed by atoms with Crippen molar-refractivity contribution in [2.24, 2.45) is 0 Å². The largest absolute Gasteiger partial charge is 0.427 e. The Kier molecular flexibility index (Phi) is 2.24. The standard InChI is InChI=1S/C8H4FN3O4/c9-6-3-5(12(14)15)1-2-7(6)11-4-8(13)16-10-11/h1-4H/p+1. The molecule has 2 rings (SSSR count). The second-order valence-corrected chi connectivity index (χ2v) is 2.90. The minimum Gasteiger partial charge on any atom is -0.283 e. The first kappa shape index (κ1) is 10.0. The highest BCUT2D eigenvalue weighted by atomic mass is 19.1. The van der Waals surface area contributed by atoms with E-state index in [-0.39, 0.29) is 11.4 Å². The van der Waals surface area contributed by atoms with E-state index >= 15 is 0 Å². The lowest BCUT2D eigenvalue weighted by Crippen LogP contribution is -2.33. The van der Waals surface area contributed by atoms with Gasteiger partial charge in [-0.2, -0.15) is 4.39 Å². The summed E-state index contributed by atoms with van der Waals surface area (Å²) in [6.07, 6.45) is 0.976. The number of nitrogens with one attached hydrogen (secondary N) is 1. The first-order valence-corrected chi connectivity index (χ1v) is 4.12. The Labute approximate surface area is 86.8 Å². The molecule has 0 saturated carbocycles. The summed E-state index contributed by atoms with van der Waals surface area (Å²) < 4.78 is 18.7. The molecule has 0 fully saturated rings. The average Bonchev–Trinajstić information content (AvgIpc) is 2.64. The van der Waals surface area contributed by atoms with E-state index in [4.69, 9.17) is 0 Å². The van der Waals surface area contributed by atoms with Gasteiger partial charge in [-0.25, -0.2) is 4.79 Å². The van der Waals surface area contributed by atoms with Crippen molar-refractivity contribution in [3.8, 4) is 5.69 Å². The number of rotatable bonds is 2. The van der Waals surface area contributed by atoms with Gasteiger partial charge in [-0.1, -0.05) is 0 Å². The monoisotopic (exact) mass is 226 g/mol. The molecule has 1 heterocycles. The van der Waals surface area contributed by atoms with Crippen LogP contribution < -0.4 is 10.3 Å². The fourth-order valence-corrected chi connectivity index (χ4v) is 1.18. The number of non-ortho nitro benzene ring substituents is 1. The third-order valence-electron chi connectivity index (χ3n) is 1.88. The van der Waals surface area contributed by atoms with Gasteiger partial charge >= 0.3 is 5.63 Å². The van der Waals surface area contributed by atoms with Gasteiger partial charge in [-0.05, 0) is 9.95 Å². The quantitative estimate of drug-likeness (QED) is 0.452. The van der Waals surface area contributed by atoms with Crippen molar-refractivity contribution < 1.29 is 18.5 Å². The highest BCUT2D eigenvalue weighted by Crippen LogP contribution is 2.15. The van der Waals surface area contributed by atoms with Gasteiger partial charge in [0.2, 0.25) is 5.82 Å². The summed E-state index contributed by atoms with van der Waals surface area (Å²) in [7, 11) is 0. The number of aromatic amines is 1. The van der Waals surface area contributed by atoms with Gasteiger partial charge in [0.1, 0.15) is 0 Å². The van der Waals surface area contributed by atoms with E-state index in [9.17, 15) is 19.3 Å². The SMILES string of the molecule is O=c1c[n+](-c2ccc([N+](=O)[O-])cc2F)[nH]o1. The number of benzene rings is 1. The van der Waals surface area contributed by atoms with Crippen molar-refractivity contribution in [2.75, 3.05) is 0 Å². The molecule has 8 heteroatoms. The van der Waals surface area contributed by atoms with Crippen molar-refractivity contribution in [2.45, 2.75) is 0 Å². The highest BCUT2D eigenvalue weighted by Gasteiger charge is 2.19. The molecule has 82 valence electrons. The Bertz CT molecular complexity index is 603. The van der Waals surface area contributed by atoms with E-state index in [1.165, 1.54) is 6.07 Å². The van der Waals surface area contributed by atoms with Gasteiger partial charge in [0.05, 0.1) is 11.0 Å². The lowest BCUT2D eigenvalue weighted by atomic mass is 10.2. The molecule has 1 aromatic carbocycles. The van der Waals surface area contributed by atoms with E-state index in [1.54, 1.807) is 0 Å². The molecule has 0 spiro atoms. The van der Waals surface area contributed by atoms with Gasteiger partial charge in [0.15, 0.2) is 0 Å². The van der Waals surface area contributed by atoms with Gasteiger partial charge < -0.3 is 0 Å². The maximum atomic E-state index is 13.4. The molecule has 0 saturated heterocycles. The molecule has 1 aromatic heterocycles. The molecular formula is C8H5FN3O4+. The number of nitrogens with zero attached hydrogens (tertiary/aromatic N) is 2. The first-order valence-electron chi connectivity index (χ1n) is 4.12. The Morgan fingerprint density at radius 3 is 2.75 bits per heavy atom. The summed E-state index contributed by atoms with van der Waals surface area (Å²) >= 11 is 0. The Hall–Kier alpha value is -2.51. The van der Waals surface area contributed by atoms with E-state index in [0.717, 1.165) is 23.0 Å². The van der Waals surface area contributed by atoms with Crippen LogP contribution in [0.25, 0.3) is 5.69 Å². The summed E-state index contributed by atoms with van der Waals surface area (Å²) in [5.41, 5.74) is -1.10. The number of hydrogen-bond acceptors (Lipinski definition) is 4. The van der Waals surface area contributed by atoms with Crippen LogP contribution in [0.4, 0.5) is 10.1 Å². The molecule has 7 nitrogen and oxygen atoms in total. The smallest absolute Gasteiger partial charge is 0.283 e. The molecule has 16 heavy (non-hydrogen) atoms. The normalized spacial score (nSPS) is 10.3. The zero-order chi connectivity index (χ0) is 11.7.